The van der Waals surface area contributed by atoms with E-state index in [0.717, 1.165) is 23.5 Å². The molecule has 0 atom stereocenters. The van der Waals surface area contributed by atoms with Crippen molar-refractivity contribution in [3.8, 4) is 0 Å². The first-order chi connectivity index (χ1) is 13.1. The second-order valence-electron chi connectivity index (χ2n) is 6.67. The Kier molecular flexibility index (Phi) is 8.42. The molecule has 0 saturated heterocycles. The summed E-state index contributed by atoms with van der Waals surface area (Å²) in [5.41, 5.74) is 3.55. The van der Waals surface area contributed by atoms with Gasteiger partial charge >= 0.3 is 0 Å². The molecule has 0 saturated carbocycles. The van der Waals surface area contributed by atoms with Gasteiger partial charge in [-0.05, 0) is 49.2 Å². The molecule has 2 rings (SSSR count). The highest BCUT2D eigenvalue weighted by Gasteiger charge is 2.04. The maximum Gasteiger partial charge on any atom is 0.269 e. The first kappa shape index (κ1) is 20.6. The summed E-state index contributed by atoms with van der Waals surface area (Å²) in [5.74, 6) is 0. The van der Waals surface area contributed by atoms with Crippen LogP contribution < -0.4 is 5.32 Å². The molecule has 2 aromatic carbocycles. The van der Waals surface area contributed by atoms with Crippen LogP contribution in [-0.2, 0) is 0 Å². The van der Waals surface area contributed by atoms with Gasteiger partial charge < -0.3 is 5.32 Å². The fraction of sp³-hybridized carbons (Fsp3) is 0.429. The van der Waals surface area contributed by atoms with Crippen LogP contribution in [0.1, 0.15) is 51.0 Å². The molecule has 0 fully saturated rings. The highest BCUT2D eigenvalue weighted by Crippen LogP contribution is 2.25. The Hall–Kier alpha value is -2.76. The Morgan fingerprint density at radius 1 is 0.963 bits per heavy atom. The summed E-state index contributed by atoms with van der Waals surface area (Å²) in [7, 11) is 0. The summed E-state index contributed by atoms with van der Waals surface area (Å²) < 4.78 is 0. The zero-order valence-corrected chi connectivity index (χ0v) is 16.1. The maximum absolute atomic E-state index is 10.7. The number of azo groups is 1. The Bertz CT molecular complexity index is 757. The number of nitrogens with one attached hydrogen (secondary N) is 1. The third-order valence-electron chi connectivity index (χ3n) is 4.39. The largest absolute Gasteiger partial charge is 0.385 e. The molecule has 0 amide bonds. The van der Waals surface area contributed by atoms with Crippen LogP contribution in [0, 0.1) is 17.0 Å². The molecule has 6 heteroatoms. The van der Waals surface area contributed by atoms with E-state index in [1.165, 1.54) is 50.7 Å². The minimum absolute atomic E-state index is 0.0471. The smallest absolute Gasteiger partial charge is 0.269 e. The summed E-state index contributed by atoms with van der Waals surface area (Å²) in [4.78, 5) is 10.2. The average Bonchev–Trinajstić information content (AvgIpc) is 2.67. The number of hydrogen-bond acceptors (Lipinski definition) is 5. The van der Waals surface area contributed by atoms with Crippen LogP contribution in [0.4, 0.5) is 22.7 Å². The van der Waals surface area contributed by atoms with Gasteiger partial charge in [0.05, 0.1) is 16.3 Å². The summed E-state index contributed by atoms with van der Waals surface area (Å²) in [5, 5.41) is 22.5. The molecule has 6 nitrogen and oxygen atoms in total. The minimum atomic E-state index is -0.429. The predicted molar refractivity (Wildman–Crippen MR) is 110 cm³/mol. The Balaban J connectivity index is 1.84. The number of nitro groups is 1. The predicted octanol–water partition coefficient (Wildman–Crippen LogP) is 7.09. The number of aryl methyl sites for hydroxylation is 1. The topological polar surface area (TPSA) is 79.9 Å². The molecule has 0 spiro atoms. The molecule has 144 valence electrons. The summed E-state index contributed by atoms with van der Waals surface area (Å²) in [6, 6.07) is 12.1. The zero-order valence-electron chi connectivity index (χ0n) is 16.1. The van der Waals surface area contributed by atoms with Gasteiger partial charge in [0, 0.05) is 24.4 Å². The molecular weight excluding hydrogens is 340 g/mol. The van der Waals surface area contributed by atoms with Crippen molar-refractivity contribution in [3.05, 3.63) is 58.1 Å². The number of non-ortho nitro benzene ring substituents is 1. The first-order valence-corrected chi connectivity index (χ1v) is 9.61. The Morgan fingerprint density at radius 3 is 2.33 bits per heavy atom. The number of hydrogen-bond donors (Lipinski definition) is 1. The van der Waals surface area contributed by atoms with E-state index in [1.54, 1.807) is 12.1 Å². The van der Waals surface area contributed by atoms with Crippen LogP contribution in [0.2, 0.25) is 0 Å². The van der Waals surface area contributed by atoms with Crippen LogP contribution in [0.15, 0.2) is 52.7 Å². The monoisotopic (exact) mass is 368 g/mol. The van der Waals surface area contributed by atoms with Crippen LogP contribution in [0.3, 0.4) is 0 Å². The number of nitro benzene ring substituents is 1. The van der Waals surface area contributed by atoms with Gasteiger partial charge in [-0.25, -0.2) is 0 Å². The lowest BCUT2D eigenvalue weighted by atomic mass is 10.1. The second-order valence-corrected chi connectivity index (χ2v) is 6.67. The van der Waals surface area contributed by atoms with E-state index in [-0.39, 0.29) is 5.69 Å². The standard InChI is InChI=1S/C21H28N4O2/c1-3-4-5-6-7-8-15-22-19-11-14-21(17(2)16-19)24-23-18-9-12-20(13-10-18)25(26)27/h9-14,16,22H,3-8,15H2,1-2H3/b24-23+. The third-order valence-corrected chi connectivity index (χ3v) is 4.39. The summed E-state index contributed by atoms with van der Waals surface area (Å²) in [6.45, 7) is 5.22. The van der Waals surface area contributed by atoms with Crippen molar-refractivity contribution in [1.82, 2.24) is 0 Å². The van der Waals surface area contributed by atoms with Crippen molar-refractivity contribution < 1.29 is 4.92 Å². The number of benzene rings is 2. The lowest BCUT2D eigenvalue weighted by Crippen LogP contribution is -2.01. The summed E-state index contributed by atoms with van der Waals surface area (Å²) >= 11 is 0. The van der Waals surface area contributed by atoms with E-state index in [0.29, 0.717) is 5.69 Å². The number of unbranched alkanes of at least 4 members (excludes halogenated alkanes) is 5. The van der Waals surface area contributed by atoms with Gasteiger partial charge in [-0.3, -0.25) is 10.1 Å². The van der Waals surface area contributed by atoms with Gasteiger partial charge in [-0.1, -0.05) is 39.0 Å². The normalized spacial score (nSPS) is 11.0. The van der Waals surface area contributed by atoms with Crippen LogP contribution in [0.5, 0.6) is 0 Å². The number of nitrogens with zero attached hydrogens (tertiary/aromatic N) is 3. The van der Waals surface area contributed by atoms with Crippen molar-refractivity contribution in [2.24, 2.45) is 10.2 Å². The van der Waals surface area contributed by atoms with Gasteiger partial charge in [0.15, 0.2) is 0 Å². The van der Waals surface area contributed by atoms with Crippen molar-refractivity contribution >= 4 is 22.7 Å². The van der Waals surface area contributed by atoms with Crippen molar-refractivity contribution in [3.63, 3.8) is 0 Å². The van der Waals surface area contributed by atoms with Gasteiger partial charge in [-0.15, -0.1) is 0 Å². The average molecular weight is 368 g/mol. The van der Waals surface area contributed by atoms with Gasteiger partial charge in [0.25, 0.3) is 5.69 Å². The molecule has 0 bridgehead atoms. The third kappa shape index (κ3) is 7.17. The van der Waals surface area contributed by atoms with E-state index in [9.17, 15) is 10.1 Å². The fourth-order valence-electron chi connectivity index (χ4n) is 2.77. The Labute approximate surface area is 160 Å². The molecular formula is C21H28N4O2. The fourth-order valence-corrected chi connectivity index (χ4v) is 2.77. The highest BCUT2D eigenvalue weighted by atomic mass is 16.6. The molecule has 0 aliphatic carbocycles. The molecule has 0 aliphatic heterocycles. The molecule has 27 heavy (non-hydrogen) atoms. The zero-order chi connectivity index (χ0) is 19.5. The summed E-state index contributed by atoms with van der Waals surface area (Å²) in [6.07, 6.45) is 7.73. The quantitative estimate of drug-likeness (QED) is 0.199. The first-order valence-electron chi connectivity index (χ1n) is 9.61. The van der Waals surface area contributed by atoms with E-state index in [1.807, 2.05) is 19.1 Å². The maximum atomic E-state index is 10.7. The molecule has 0 aliphatic rings. The van der Waals surface area contributed by atoms with E-state index >= 15 is 0 Å². The van der Waals surface area contributed by atoms with Gasteiger partial charge in [0.1, 0.15) is 0 Å². The van der Waals surface area contributed by atoms with Crippen molar-refractivity contribution in [1.29, 1.82) is 0 Å². The molecule has 2 aromatic rings. The Morgan fingerprint density at radius 2 is 1.67 bits per heavy atom. The minimum Gasteiger partial charge on any atom is -0.385 e. The number of anilines is 1. The highest BCUT2D eigenvalue weighted by molar-refractivity contribution is 5.56. The molecule has 1 N–H and O–H groups in total. The van der Waals surface area contributed by atoms with Crippen molar-refractivity contribution in [2.75, 3.05) is 11.9 Å². The van der Waals surface area contributed by atoms with Gasteiger partial charge in [-0.2, -0.15) is 10.2 Å². The van der Waals surface area contributed by atoms with E-state index in [2.05, 4.69) is 28.5 Å². The van der Waals surface area contributed by atoms with Crippen LogP contribution in [-0.4, -0.2) is 11.5 Å². The molecule has 0 heterocycles. The van der Waals surface area contributed by atoms with E-state index in [4.69, 9.17) is 0 Å². The molecule has 0 radical (unpaired) electrons. The van der Waals surface area contributed by atoms with Crippen molar-refractivity contribution in [2.45, 2.75) is 52.4 Å². The van der Waals surface area contributed by atoms with Gasteiger partial charge in [0.2, 0.25) is 0 Å². The number of rotatable bonds is 11. The van der Waals surface area contributed by atoms with Crippen LogP contribution >= 0.6 is 0 Å². The lowest BCUT2D eigenvalue weighted by molar-refractivity contribution is -0.384. The molecule has 0 unspecified atom stereocenters. The van der Waals surface area contributed by atoms with Crippen LogP contribution in [0.25, 0.3) is 0 Å². The SMILES string of the molecule is CCCCCCCCNc1ccc(/N=N/c2ccc([N+](=O)[O-])cc2)c(C)c1. The van der Waals surface area contributed by atoms with E-state index < -0.39 is 4.92 Å². The molecule has 0 aromatic heterocycles. The second kappa shape index (κ2) is 11.1. The lowest BCUT2D eigenvalue weighted by Gasteiger charge is -2.08.